The Morgan fingerprint density at radius 1 is 1.07 bits per heavy atom. The van der Waals surface area contributed by atoms with Crippen molar-refractivity contribution < 1.29 is 24.2 Å². The number of carboxylic acids is 1. The van der Waals surface area contributed by atoms with Gasteiger partial charge in [-0.3, -0.25) is 14.5 Å². The number of hydrogen-bond donors (Lipinski definition) is 2. The van der Waals surface area contributed by atoms with Crippen LogP contribution in [0.4, 0.5) is 11.4 Å². The largest absolute Gasteiger partial charge is 0.496 e. The van der Waals surface area contributed by atoms with Crippen LogP contribution in [0.3, 0.4) is 0 Å². The summed E-state index contributed by atoms with van der Waals surface area (Å²) in [6.07, 6.45) is 0. The maximum Gasteiger partial charge on any atom is 0.335 e. The highest BCUT2D eigenvalue weighted by atomic mass is 35.5. The lowest BCUT2D eigenvalue weighted by molar-refractivity contribution is -0.119. The normalized spacial score (nSPS) is 17.3. The van der Waals surface area contributed by atoms with Crippen molar-refractivity contribution >= 4 is 40.8 Å². The molecule has 208 valence electrons. The topological polar surface area (TPSA) is 114 Å². The van der Waals surface area contributed by atoms with E-state index in [0.29, 0.717) is 44.8 Å². The van der Waals surface area contributed by atoms with Crippen LogP contribution in [0.1, 0.15) is 63.1 Å². The molecular formula is C31H27ClN4O5. The second kappa shape index (κ2) is 9.21. The molecule has 2 N–H and O–H groups in total. The number of halogens is 1. The molecule has 1 atom stereocenters. The van der Waals surface area contributed by atoms with Crippen molar-refractivity contribution in [3.63, 3.8) is 0 Å². The van der Waals surface area contributed by atoms with Crippen molar-refractivity contribution in [1.82, 2.24) is 9.55 Å². The van der Waals surface area contributed by atoms with Gasteiger partial charge in [-0.1, -0.05) is 29.8 Å². The number of rotatable bonds is 5. The molecule has 0 saturated heterocycles. The maximum atomic E-state index is 14.5. The first kappa shape index (κ1) is 26.6. The van der Waals surface area contributed by atoms with E-state index < -0.39 is 23.3 Å². The first-order valence-electron chi connectivity index (χ1n) is 13.1. The van der Waals surface area contributed by atoms with Gasteiger partial charge < -0.3 is 19.7 Å². The molecule has 0 bridgehead atoms. The Balaban J connectivity index is 1.74. The number of nitrogens with one attached hydrogen (secondary N) is 1. The van der Waals surface area contributed by atoms with Gasteiger partial charge in [-0.25, -0.2) is 9.78 Å². The molecule has 41 heavy (non-hydrogen) atoms. The van der Waals surface area contributed by atoms with Gasteiger partial charge in [0.2, 0.25) is 0 Å². The number of fused-ring (bicyclic) bond motifs is 4. The fourth-order valence-electron chi connectivity index (χ4n) is 5.98. The van der Waals surface area contributed by atoms with E-state index >= 15 is 0 Å². The van der Waals surface area contributed by atoms with Crippen LogP contribution in [0.5, 0.6) is 5.75 Å². The number of aromatic nitrogens is 2. The van der Waals surface area contributed by atoms with Crippen LogP contribution >= 0.6 is 11.6 Å². The second-order valence-electron chi connectivity index (χ2n) is 10.6. The number of aromatic carboxylic acids is 1. The highest BCUT2D eigenvalue weighted by Crippen LogP contribution is 2.55. The Labute approximate surface area is 241 Å². The van der Waals surface area contributed by atoms with Gasteiger partial charge in [-0.15, -0.1) is 0 Å². The Kier molecular flexibility index (Phi) is 5.97. The fraction of sp³-hybridized carbons (Fsp3) is 0.226. The summed E-state index contributed by atoms with van der Waals surface area (Å²) in [6.45, 7) is 7.64. The number of anilines is 2. The molecule has 9 nitrogen and oxygen atoms in total. The number of carbonyl (C=O) groups excluding carboxylic acids is 2. The summed E-state index contributed by atoms with van der Waals surface area (Å²) in [7, 11) is 1.48. The average Bonchev–Trinajstić information content (AvgIpc) is 3.53. The van der Waals surface area contributed by atoms with Crippen molar-refractivity contribution in [2.24, 2.45) is 0 Å². The molecule has 2 amide bonds. The SMILES string of the molecule is COc1ccc(C(=O)O)cc1-c1nc2c(n1C(C)C)C1(C(=O)Nc3cc(C)ccc31)N(c1cc(Cl)ccc1C)C2=O. The van der Waals surface area contributed by atoms with E-state index in [9.17, 15) is 19.5 Å². The van der Waals surface area contributed by atoms with Gasteiger partial charge >= 0.3 is 5.97 Å². The number of amides is 2. The van der Waals surface area contributed by atoms with Crippen molar-refractivity contribution in [3.8, 4) is 17.1 Å². The molecule has 2 aliphatic heterocycles. The molecule has 0 fully saturated rings. The summed E-state index contributed by atoms with van der Waals surface area (Å²) in [5.41, 5.74) is 2.74. The number of ether oxygens (including phenoxy) is 1. The van der Waals surface area contributed by atoms with Crippen LogP contribution in [-0.2, 0) is 10.3 Å². The first-order valence-corrected chi connectivity index (χ1v) is 13.5. The summed E-state index contributed by atoms with van der Waals surface area (Å²) in [6, 6.07) is 15.1. The monoisotopic (exact) mass is 570 g/mol. The van der Waals surface area contributed by atoms with Crippen molar-refractivity contribution in [2.75, 3.05) is 17.3 Å². The zero-order valence-corrected chi connectivity index (χ0v) is 23.8. The number of carboxylic acid groups (broad SMARTS) is 1. The number of nitrogens with zero attached hydrogens (tertiary/aromatic N) is 3. The first-order chi connectivity index (χ1) is 19.5. The van der Waals surface area contributed by atoms with Crippen LogP contribution < -0.4 is 15.0 Å². The maximum absolute atomic E-state index is 14.5. The quantitative estimate of drug-likeness (QED) is 0.306. The summed E-state index contributed by atoms with van der Waals surface area (Å²) in [4.78, 5) is 47.1. The number of aryl methyl sites for hydroxylation is 2. The molecule has 4 aromatic rings. The third-order valence-electron chi connectivity index (χ3n) is 7.75. The van der Waals surface area contributed by atoms with Crippen molar-refractivity contribution in [1.29, 1.82) is 0 Å². The van der Waals surface area contributed by atoms with E-state index in [1.165, 1.54) is 24.1 Å². The van der Waals surface area contributed by atoms with Crippen LogP contribution in [0.25, 0.3) is 11.4 Å². The van der Waals surface area contributed by atoms with Gasteiger partial charge in [0.1, 0.15) is 11.6 Å². The zero-order valence-electron chi connectivity index (χ0n) is 23.1. The molecule has 3 aromatic carbocycles. The minimum absolute atomic E-state index is 0.0379. The van der Waals surface area contributed by atoms with Gasteiger partial charge in [0.05, 0.1) is 29.6 Å². The lowest BCUT2D eigenvalue weighted by Gasteiger charge is -2.36. The van der Waals surface area contributed by atoms with Gasteiger partial charge in [-0.05, 0) is 75.2 Å². The predicted molar refractivity (Wildman–Crippen MR) is 155 cm³/mol. The highest BCUT2D eigenvalue weighted by Gasteiger charge is 2.64. The van der Waals surface area contributed by atoms with Crippen LogP contribution in [0.15, 0.2) is 54.6 Å². The Morgan fingerprint density at radius 2 is 1.83 bits per heavy atom. The summed E-state index contributed by atoms with van der Waals surface area (Å²) < 4.78 is 7.43. The van der Waals surface area contributed by atoms with Gasteiger partial charge in [-0.2, -0.15) is 0 Å². The number of methoxy groups -OCH3 is 1. The Bertz CT molecular complexity index is 1810. The van der Waals surface area contributed by atoms with Crippen LogP contribution in [-0.4, -0.2) is 39.6 Å². The van der Waals surface area contributed by atoms with Gasteiger partial charge in [0, 0.05) is 22.3 Å². The van der Waals surface area contributed by atoms with E-state index in [1.54, 1.807) is 18.2 Å². The van der Waals surface area contributed by atoms with Crippen LogP contribution in [0, 0.1) is 13.8 Å². The number of benzene rings is 3. The van der Waals surface area contributed by atoms with E-state index in [0.717, 1.165) is 11.1 Å². The molecular weight excluding hydrogens is 544 g/mol. The van der Waals surface area contributed by atoms with E-state index in [2.05, 4.69) is 5.32 Å². The molecule has 0 aliphatic carbocycles. The lowest BCUT2D eigenvalue weighted by atomic mass is 9.86. The smallest absolute Gasteiger partial charge is 0.335 e. The highest BCUT2D eigenvalue weighted by molar-refractivity contribution is 6.31. The van der Waals surface area contributed by atoms with Crippen molar-refractivity contribution in [2.45, 2.75) is 39.3 Å². The molecule has 1 unspecified atom stereocenters. The number of carbonyl (C=O) groups is 3. The summed E-state index contributed by atoms with van der Waals surface area (Å²) in [5, 5.41) is 13.1. The zero-order chi connectivity index (χ0) is 29.4. The summed E-state index contributed by atoms with van der Waals surface area (Å²) in [5.74, 6) is -1.27. The van der Waals surface area contributed by atoms with Crippen LogP contribution in [0.2, 0.25) is 5.02 Å². The third-order valence-corrected chi connectivity index (χ3v) is 7.99. The molecule has 0 radical (unpaired) electrons. The molecule has 2 aliphatic rings. The average molecular weight is 571 g/mol. The minimum atomic E-state index is -1.60. The van der Waals surface area contributed by atoms with E-state index in [4.69, 9.17) is 21.3 Å². The van der Waals surface area contributed by atoms with Gasteiger partial charge in [0.25, 0.3) is 11.8 Å². The molecule has 6 rings (SSSR count). The predicted octanol–water partition coefficient (Wildman–Crippen LogP) is 5.96. The number of hydrogen-bond acceptors (Lipinski definition) is 5. The van der Waals surface area contributed by atoms with E-state index in [1.807, 2.05) is 56.5 Å². The third kappa shape index (κ3) is 3.62. The minimum Gasteiger partial charge on any atom is -0.496 e. The molecule has 1 aromatic heterocycles. The molecule has 3 heterocycles. The van der Waals surface area contributed by atoms with E-state index in [-0.39, 0.29) is 17.3 Å². The Hall–Kier alpha value is -4.63. The lowest BCUT2D eigenvalue weighted by Crippen LogP contribution is -2.51. The van der Waals surface area contributed by atoms with Crippen molar-refractivity contribution in [3.05, 3.63) is 93.3 Å². The molecule has 1 spiro atoms. The fourth-order valence-corrected chi connectivity index (χ4v) is 6.15. The standard InChI is InChI=1S/C31H27ClN4O5/c1-15(2)35-26-25(34-27(35)20-13-18(29(38)39)8-11-24(20)41-5)28(37)36(23-14-19(32)9-7-17(23)4)31(26)21-10-6-16(3)12-22(21)33-30(31)40/h6-15H,1-5H3,(H,33,40)(H,38,39). The van der Waals surface area contributed by atoms with Gasteiger partial charge in [0.15, 0.2) is 11.2 Å². The Morgan fingerprint density at radius 3 is 2.51 bits per heavy atom. The molecule has 10 heteroatoms. The summed E-state index contributed by atoms with van der Waals surface area (Å²) >= 11 is 6.42. The number of imidazole rings is 1. The molecule has 0 saturated carbocycles. The second-order valence-corrected chi connectivity index (χ2v) is 11.0.